The van der Waals surface area contributed by atoms with Crippen LogP contribution in [-0.2, 0) is 13.6 Å². The van der Waals surface area contributed by atoms with Gasteiger partial charge in [0.25, 0.3) is 5.56 Å². The molecule has 1 aliphatic heterocycles. The van der Waals surface area contributed by atoms with Gasteiger partial charge in [-0.3, -0.25) is 14.3 Å². The fourth-order valence-electron chi connectivity index (χ4n) is 4.07. The molecule has 9 heteroatoms. The summed E-state index contributed by atoms with van der Waals surface area (Å²) in [6, 6.07) is 7.63. The van der Waals surface area contributed by atoms with Crippen molar-refractivity contribution in [1.29, 1.82) is 0 Å². The van der Waals surface area contributed by atoms with Crippen LogP contribution >= 0.6 is 0 Å². The lowest BCUT2D eigenvalue weighted by molar-refractivity contribution is 0.0936. The third-order valence-electron chi connectivity index (χ3n) is 5.70. The number of hydrogen-bond donors (Lipinski definition) is 2. The van der Waals surface area contributed by atoms with E-state index in [0.29, 0.717) is 17.3 Å². The third-order valence-corrected chi connectivity index (χ3v) is 5.70. The fraction of sp³-hybridized carbons (Fsp3) is 0.500. The van der Waals surface area contributed by atoms with Gasteiger partial charge in [-0.2, -0.15) is 4.98 Å². The number of aromatic nitrogens is 4. The van der Waals surface area contributed by atoms with Crippen molar-refractivity contribution in [3.8, 4) is 5.75 Å². The lowest BCUT2D eigenvalue weighted by atomic mass is 10.2. The number of hydrogen-bond acceptors (Lipinski definition) is 6. The molecule has 0 aliphatic carbocycles. The molecular weight excluding hydrogens is 398 g/mol. The monoisotopic (exact) mass is 427 g/mol. The number of nitrogens with one attached hydrogen (secondary N) is 1. The minimum Gasteiger partial charge on any atom is -0.491 e. The molecule has 166 valence electrons. The Hall–Kier alpha value is -3.07. The molecule has 0 amide bonds. The molecule has 2 aromatic heterocycles. The Morgan fingerprint density at radius 3 is 2.65 bits per heavy atom. The molecule has 9 nitrogen and oxygen atoms in total. The van der Waals surface area contributed by atoms with Crippen molar-refractivity contribution < 1.29 is 9.84 Å². The Labute approximate surface area is 179 Å². The Kier molecular flexibility index (Phi) is 6.13. The summed E-state index contributed by atoms with van der Waals surface area (Å²) in [5.74, 6) is 1.29. The minimum atomic E-state index is -0.861. The van der Waals surface area contributed by atoms with Crippen LogP contribution in [0, 0.1) is 6.92 Å². The highest BCUT2D eigenvalue weighted by atomic mass is 16.5. The Balaban J connectivity index is 1.67. The summed E-state index contributed by atoms with van der Waals surface area (Å²) in [4.78, 5) is 33.9. The van der Waals surface area contributed by atoms with Crippen LogP contribution in [0.5, 0.6) is 5.75 Å². The van der Waals surface area contributed by atoms with Crippen molar-refractivity contribution in [2.45, 2.75) is 45.3 Å². The lowest BCUT2D eigenvalue weighted by Gasteiger charge is -2.23. The molecule has 0 unspecified atom stereocenters. The number of H-pyrrole nitrogens is 1. The van der Waals surface area contributed by atoms with Gasteiger partial charge in [-0.05, 0) is 37.5 Å². The molecule has 0 saturated carbocycles. The smallest absolute Gasteiger partial charge is 0.329 e. The summed E-state index contributed by atoms with van der Waals surface area (Å²) in [6.07, 6.45) is 3.53. The van der Waals surface area contributed by atoms with Crippen LogP contribution in [0.15, 0.2) is 33.9 Å². The molecule has 4 rings (SSSR count). The number of ether oxygens (including phenoxy) is 1. The van der Waals surface area contributed by atoms with Gasteiger partial charge in [0.15, 0.2) is 11.2 Å². The van der Waals surface area contributed by atoms with E-state index in [0.717, 1.165) is 44.3 Å². The van der Waals surface area contributed by atoms with Crippen LogP contribution in [0.2, 0.25) is 0 Å². The summed E-state index contributed by atoms with van der Waals surface area (Å²) in [6.45, 7) is 3.84. The van der Waals surface area contributed by atoms with E-state index in [1.54, 1.807) is 11.6 Å². The summed E-state index contributed by atoms with van der Waals surface area (Å²) < 4.78 is 8.81. The lowest BCUT2D eigenvalue weighted by Crippen LogP contribution is -2.32. The maximum Gasteiger partial charge on any atom is 0.329 e. The summed E-state index contributed by atoms with van der Waals surface area (Å²) >= 11 is 0. The second-order valence-corrected chi connectivity index (χ2v) is 8.20. The zero-order valence-corrected chi connectivity index (χ0v) is 18.0. The molecule has 1 aromatic carbocycles. The van der Waals surface area contributed by atoms with Gasteiger partial charge in [-0.25, -0.2) is 4.79 Å². The number of aliphatic hydroxyl groups excluding tert-OH is 1. The summed E-state index contributed by atoms with van der Waals surface area (Å²) in [7, 11) is 1.58. The Bertz CT molecular complexity index is 1170. The number of benzene rings is 1. The molecular formula is C22H29N5O4. The Morgan fingerprint density at radius 1 is 1.19 bits per heavy atom. The van der Waals surface area contributed by atoms with Crippen molar-refractivity contribution in [3.05, 3.63) is 50.7 Å². The first-order chi connectivity index (χ1) is 14.9. The van der Waals surface area contributed by atoms with E-state index in [4.69, 9.17) is 4.74 Å². The van der Waals surface area contributed by atoms with Crippen LogP contribution in [0.3, 0.4) is 0 Å². The second kappa shape index (κ2) is 8.97. The molecule has 1 fully saturated rings. The van der Waals surface area contributed by atoms with Crippen molar-refractivity contribution in [2.24, 2.45) is 7.05 Å². The first-order valence-electron chi connectivity index (χ1n) is 10.8. The SMILES string of the molecule is Cc1cccc(OC[C@H](O)Cn2c(N3CCCCCC3)nc3c2c(=O)[nH]c(=O)n3C)c1. The number of fused-ring (bicyclic) bond motifs is 1. The van der Waals surface area contributed by atoms with E-state index < -0.39 is 17.4 Å². The van der Waals surface area contributed by atoms with Gasteiger partial charge in [0.2, 0.25) is 5.95 Å². The molecule has 1 atom stereocenters. The quantitative estimate of drug-likeness (QED) is 0.618. The van der Waals surface area contributed by atoms with Crippen LogP contribution in [0.4, 0.5) is 5.95 Å². The highest BCUT2D eigenvalue weighted by Gasteiger charge is 2.24. The molecule has 0 spiro atoms. The number of aliphatic hydroxyl groups is 1. The van der Waals surface area contributed by atoms with Gasteiger partial charge in [0.05, 0.1) is 6.54 Å². The normalized spacial score (nSPS) is 15.8. The van der Waals surface area contributed by atoms with E-state index >= 15 is 0 Å². The summed E-state index contributed by atoms with van der Waals surface area (Å²) in [5, 5.41) is 10.7. The summed E-state index contributed by atoms with van der Waals surface area (Å²) in [5.41, 5.74) is 0.672. The van der Waals surface area contributed by atoms with Crippen molar-refractivity contribution in [1.82, 2.24) is 19.1 Å². The molecule has 3 heterocycles. The molecule has 3 aromatic rings. The third kappa shape index (κ3) is 4.51. The average Bonchev–Trinajstić information content (AvgIpc) is 2.92. The maximum absolute atomic E-state index is 12.7. The number of nitrogens with zero attached hydrogens (tertiary/aromatic N) is 4. The molecule has 0 radical (unpaired) electrons. The standard InChI is InChI=1S/C22H29N5O4/c1-15-8-7-9-17(12-15)31-14-16(28)13-27-18-19(25(2)22(30)24-20(18)29)23-21(27)26-10-5-3-4-6-11-26/h7-9,12,16,28H,3-6,10-11,13-14H2,1-2H3,(H,24,29,30)/t16-/m1/s1. The molecule has 1 saturated heterocycles. The first kappa shape index (κ1) is 21.2. The van der Waals surface area contributed by atoms with Crippen molar-refractivity contribution >= 4 is 17.1 Å². The van der Waals surface area contributed by atoms with E-state index in [-0.39, 0.29) is 18.7 Å². The van der Waals surface area contributed by atoms with Gasteiger partial charge in [-0.1, -0.05) is 25.0 Å². The second-order valence-electron chi connectivity index (χ2n) is 8.20. The van der Waals surface area contributed by atoms with Gasteiger partial charge < -0.3 is 19.3 Å². The van der Waals surface area contributed by atoms with Crippen LogP contribution in [-0.4, -0.2) is 50.0 Å². The van der Waals surface area contributed by atoms with Gasteiger partial charge in [-0.15, -0.1) is 0 Å². The number of anilines is 1. The van der Waals surface area contributed by atoms with Crippen LogP contribution < -0.4 is 20.9 Å². The zero-order chi connectivity index (χ0) is 22.0. The fourth-order valence-corrected chi connectivity index (χ4v) is 4.07. The van der Waals surface area contributed by atoms with Gasteiger partial charge in [0, 0.05) is 20.1 Å². The highest BCUT2D eigenvalue weighted by Crippen LogP contribution is 2.23. The predicted molar refractivity (Wildman–Crippen MR) is 119 cm³/mol. The van der Waals surface area contributed by atoms with E-state index in [1.165, 1.54) is 4.57 Å². The van der Waals surface area contributed by atoms with E-state index in [9.17, 15) is 14.7 Å². The average molecular weight is 428 g/mol. The molecule has 0 bridgehead atoms. The van der Waals surface area contributed by atoms with E-state index in [2.05, 4.69) is 14.9 Å². The van der Waals surface area contributed by atoms with E-state index in [1.807, 2.05) is 31.2 Å². The number of rotatable bonds is 6. The molecule has 1 aliphatic rings. The van der Waals surface area contributed by atoms with Crippen molar-refractivity contribution in [3.63, 3.8) is 0 Å². The largest absolute Gasteiger partial charge is 0.491 e. The molecule has 31 heavy (non-hydrogen) atoms. The maximum atomic E-state index is 12.7. The van der Waals surface area contributed by atoms with Gasteiger partial charge in [0.1, 0.15) is 18.5 Å². The topological polar surface area (TPSA) is 105 Å². The first-order valence-corrected chi connectivity index (χ1v) is 10.8. The number of aryl methyl sites for hydroxylation is 2. The Morgan fingerprint density at radius 2 is 1.94 bits per heavy atom. The minimum absolute atomic E-state index is 0.0756. The molecule has 2 N–H and O–H groups in total. The van der Waals surface area contributed by atoms with Crippen LogP contribution in [0.25, 0.3) is 11.2 Å². The highest BCUT2D eigenvalue weighted by molar-refractivity contribution is 5.74. The number of imidazole rings is 1. The predicted octanol–water partition coefficient (Wildman–Crippen LogP) is 1.55. The van der Waals surface area contributed by atoms with Crippen LogP contribution in [0.1, 0.15) is 31.2 Å². The van der Waals surface area contributed by atoms with Crippen molar-refractivity contribution in [2.75, 3.05) is 24.6 Å². The number of aromatic amines is 1. The zero-order valence-electron chi connectivity index (χ0n) is 18.0. The van der Waals surface area contributed by atoms with Gasteiger partial charge >= 0.3 is 5.69 Å².